The molecule has 3 N–H and O–H groups in total. The van der Waals surface area contributed by atoms with Crippen LogP contribution in [0, 0.1) is 0 Å². The number of hydrazine groups is 1. The van der Waals surface area contributed by atoms with Crippen LogP contribution in [0.1, 0.15) is 32.6 Å². The minimum Gasteiger partial charge on any atom is -0.311 e. The quantitative estimate of drug-likeness (QED) is 0.586. The Balaban J connectivity index is 1.75. The lowest BCUT2D eigenvalue weighted by molar-refractivity contribution is -0.128. The summed E-state index contributed by atoms with van der Waals surface area (Å²) in [6.45, 7) is 1.69. The van der Waals surface area contributed by atoms with Crippen LogP contribution in [-0.4, -0.2) is 48.4 Å². The number of fused-ring (bicyclic) bond motifs is 2. The molecule has 2 aliphatic heterocycles. The normalized spacial score (nSPS) is 30.3. The van der Waals surface area contributed by atoms with E-state index in [9.17, 15) is 9.59 Å². The van der Waals surface area contributed by atoms with Gasteiger partial charge in [0.2, 0.25) is 5.91 Å². The van der Waals surface area contributed by atoms with Gasteiger partial charge < -0.3 is 5.32 Å². The van der Waals surface area contributed by atoms with Gasteiger partial charge in [-0.2, -0.15) is 0 Å². The second-order valence-electron chi connectivity index (χ2n) is 5.41. The molecule has 2 unspecified atom stereocenters. The van der Waals surface area contributed by atoms with E-state index in [2.05, 4.69) is 21.1 Å². The number of nitrogens with one attached hydrogen (secondary N) is 3. The average molecular weight is 254 g/mol. The fraction of sp³-hybridized carbons (Fsp3) is 0.833. The monoisotopic (exact) mass is 254 g/mol. The number of hydrogen-bond donors (Lipinski definition) is 3. The molecule has 0 radical (unpaired) electrons. The van der Waals surface area contributed by atoms with Gasteiger partial charge in [0, 0.05) is 25.0 Å². The molecule has 0 saturated carbocycles. The molecule has 0 aromatic carbocycles. The Morgan fingerprint density at radius 2 is 1.83 bits per heavy atom. The highest BCUT2D eigenvalue weighted by atomic mass is 16.2. The van der Waals surface area contributed by atoms with Gasteiger partial charge in [-0.05, 0) is 32.7 Å². The molecular formula is C12H22N4O2. The molecule has 2 rings (SSSR count). The molecule has 0 spiro atoms. The zero-order chi connectivity index (χ0) is 13.1. The number of likely N-dealkylation sites (N-methyl/N-ethyl adjacent to an activating group) is 1. The van der Waals surface area contributed by atoms with Gasteiger partial charge in [0.25, 0.3) is 5.91 Å². The molecule has 2 fully saturated rings. The molecule has 102 valence electrons. The summed E-state index contributed by atoms with van der Waals surface area (Å²) in [5.41, 5.74) is 4.70. The van der Waals surface area contributed by atoms with Crippen molar-refractivity contribution >= 4 is 11.8 Å². The highest BCUT2D eigenvalue weighted by molar-refractivity contribution is 5.81. The Labute approximate surface area is 107 Å². The molecule has 6 heteroatoms. The van der Waals surface area contributed by atoms with Crippen molar-refractivity contribution in [2.75, 3.05) is 13.6 Å². The highest BCUT2D eigenvalue weighted by Gasteiger charge is 2.35. The van der Waals surface area contributed by atoms with Gasteiger partial charge >= 0.3 is 0 Å². The van der Waals surface area contributed by atoms with Crippen LogP contribution in [-0.2, 0) is 9.59 Å². The van der Waals surface area contributed by atoms with E-state index in [1.54, 1.807) is 0 Å². The molecule has 2 aliphatic rings. The first kappa shape index (κ1) is 13.3. The van der Waals surface area contributed by atoms with Crippen molar-refractivity contribution in [2.45, 2.75) is 50.7 Å². The minimum absolute atomic E-state index is 0.168. The number of nitrogens with zero attached hydrogens (tertiary/aromatic N) is 1. The van der Waals surface area contributed by atoms with Crippen LogP contribution in [0.3, 0.4) is 0 Å². The molecule has 2 amide bonds. The lowest BCUT2D eigenvalue weighted by Crippen LogP contribution is -2.51. The second-order valence-corrected chi connectivity index (χ2v) is 5.41. The first-order chi connectivity index (χ1) is 8.54. The van der Waals surface area contributed by atoms with Gasteiger partial charge in [0.1, 0.15) is 0 Å². The Hall–Kier alpha value is -1.14. The third-order valence-corrected chi connectivity index (χ3v) is 3.84. The first-order valence-corrected chi connectivity index (χ1v) is 6.56. The van der Waals surface area contributed by atoms with Crippen molar-refractivity contribution in [1.29, 1.82) is 0 Å². The summed E-state index contributed by atoms with van der Waals surface area (Å²) in [7, 11) is 1.97. The van der Waals surface area contributed by atoms with Gasteiger partial charge in [-0.25, -0.2) is 0 Å². The molecule has 2 saturated heterocycles. The molecule has 0 aliphatic carbocycles. The van der Waals surface area contributed by atoms with Crippen molar-refractivity contribution in [3.05, 3.63) is 0 Å². The zero-order valence-corrected chi connectivity index (χ0v) is 11.0. The molecular weight excluding hydrogens is 232 g/mol. The summed E-state index contributed by atoms with van der Waals surface area (Å²) in [5.74, 6) is -0.426. The van der Waals surface area contributed by atoms with E-state index >= 15 is 0 Å². The number of carbonyl (C=O) groups is 2. The number of hydrogen-bond acceptors (Lipinski definition) is 4. The Kier molecular flexibility index (Phi) is 4.19. The van der Waals surface area contributed by atoms with Crippen LogP contribution in [0.4, 0.5) is 0 Å². The Morgan fingerprint density at radius 1 is 1.22 bits per heavy atom. The van der Waals surface area contributed by atoms with Gasteiger partial charge in [0.05, 0.1) is 6.54 Å². The Bertz CT molecular complexity index is 322. The van der Waals surface area contributed by atoms with E-state index in [4.69, 9.17) is 0 Å². The number of rotatable bonds is 3. The summed E-state index contributed by atoms with van der Waals surface area (Å²) in [5, 5.41) is 3.58. The first-order valence-electron chi connectivity index (χ1n) is 6.56. The third-order valence-electron chi connectivity index (χ3n) is 3.84. The number of amides is 2. The maximum Gasteiger partial charge on any atom is 0.252 e. The topological polar surface area (TPSA) is 73.5 Å². The standard InChI is InChI=1S/C12H22N4O2/c1-8(17)14-15-12(18)7-16(2)11-5-9-3-4-10(6-11)13-9/h9-11,13H,3-7H2,1-2H3,(H,14,17)(H,15,18). The molecule has 0 aromatic rings. The SMILES string of the molecule is CC(=O)NNC(=O)CN(C)C1CC2CCC(C1)N2. The largest absolute Gasteiger partial charge is 0.311 e. The predicted octanol–water partition coefficient (Wildman–Crippen LogP) is -0.631. The molecule has 2 bridgehead atoms. The fourth-order valence-electron chi connectivity index (χ4n) is 2.94. The van der Waals surface area contributed by atoms with Crippen molar-refractivity contribution < 1.29 is 9.59 Å². The molecule has 6 nitrogen and oxygen atoms in total. The van der Waals surface area contributed by atoms with Gasteiger partial charge in [0.15, 0.2) is 0 Å². The number of carbonyl (C=O) groups excluding carboxylic acids is 2. The summed E-state index contributed by atoms with van der Waals surface area (Å²) in [6.07, 6.45) is 4.74. The number of piperidine rings is 1. The van der Waals surface area contributed by atoms with Crippen LogP contribution in [0.25, 0.3) is 0 Å². The lowest BCUT2D eigenvalue weighted by atomic mass is 9.98. The van der Waals surface area contributed by atoms with Gasteiger partial charge in [-0.1, -0.05) is 0 Å². The molecule has 2 atom stereocenters. The fourth-order valence-corrected chi connectivity index (χ4v) is 2.94. The molecule has 18 heavy (non-hydrogen) atoms. The van der Waals surface area contributed by atoms with Crippen LogP contribution < -0.4 is 16.2 Å². The Morgan fingerprint density at radius 3 is 2.39 bits per heavy atom. The van der Waals surface area contributed by atoms with Crippen molar-refractivity contribution in [3.63, 3.8) is 0 Å². The maximum atomic E-state index is 11.6. The van der Waals surface area contributed by atoms with E-state index in [-0.39, 0.29) is 11.8 Å². The third kappa shape index (κ3) is 3.43. The van der Waals surface area contributed by atoms with E-state index in [0.717, 1.165) is 12.8 Å². The average Bonchev–Trinajstić information content (AvgIpc) is 2.65. The summed E-state index contributed by atoms with van der Waals surface area (Å²) < 4.78 is 0. The van der Waals surface area contributed by atoms with Gasteiger partial charge in [-0.3, -0.25) is 25.3 Å². The van der Waals surface area contributed by atoms with Crippen molar-refractivity contribution in [1.82, 2.24) is 21.1 Å². The van der Waals surface area contributed by atoms with E-state index in [0.29, 0.717) is 24.7 Å². The van der Waals surface area contributed by atoms with Crippen LogP contribution in [0.5, 0.6) is 0 Å². The zero-order valence-electron chi connectivity index (χ0n) is 11.0. The summed E-state index contributed by atoms with van der Waals surface area (Å²) in [4.78, 5) is 24.4. The van der Waals surface area contributed by atoms with E-state index in [1.807, 2.05) is 7.05 Å². The van der Waals surface area contributed by atoms with Crippen LogP contribution in [0.15, 0.2) is 0 Å². The highest BCUT2D eigenvalue weighted by Crippen LogP contribution is 2.28. The minimum atomic E-state index is -0.258. The van der Waals surface area contributed by atoms with E-state index in [1.165, 1.54) is 19.8 Å². The van der Waals surface area contributed by atoms with Crippen LogP contribution in [0.2, 0.25) is 0 Å². The van der Waals surface area contributed by atoms with Crippen molar-refractivity contribution in [3.8, 4) is 0 Å². The second kappa shape index (κ2) is 5.67. The summed E-state index contributed by atoms with van der Waals surface area (Å²) >= 11 is 0. The van der Waals surface area contributed by atoms with Crippen molar-refractivity contribution in [2.24, 2.45) is 0 Å². The van der Waals surface area contributed by atoms with Crippen LogP contribution >= 0.6 is 0 Å². The molecule has 0 aromatic heterocycles. The maximum absolute atomic E-state index is 11.6. The van der Waals surface area contributed by atoms with E-state index < -0.39 is 0 Å². The lowest BCUT2D eigenvalue weighted by Gasteiger charge is -2.35. The predicted molar refractivity (Wildman–Crippen MR) is 67.6 cm³/mol. The smallest absolute Gasteiger partial charge is 0.252 e. The summed E-state index contributed by atoms with van der Waals surface area (Å²) in [6, 6.07) is 1.70. The molecule has 2 heterocycles. The van der Waals surface area contributed by atoms with Gasteiger partial charge in [-0.15, -0.1) is 0 Å².